The number of allylic oxidation sites excluding steroid dienone is 1. The summed E-state index contributed by atoms with van der Waals surface area (Å²) in [6.07, 6.45) is 2.83. The van der Waals surface area contributed by atoms with Gasteiger partial charge >= 0.3 is 0 Å². The van der Waals surface area contributed by atoms with E-state index in [0.717, 1.165) is 17.7 Å². The van der Waals surface area contributed by atoms with Crippen LogP contribution in [0.25, 0.3) is 0 Å². The first kappa shape index (κ1) is 14.4. The molecule has 1 nitrogen and oxygen atoms in total. The Hall–Kier alpha value is -0.660. The predicted molar refractivity (Wildman–Crippen MR) is 75.2 cm³/mol. The third kappa shape index (κ3) is 3.93. The number of hydrogen-bond acceptors (Lipinski definition) is 1. The van der Waals surface area contributed by atoms with Crippen molar-refractivity contribution in [1.29, 1.82) is 0 Å². The molecule has 1 aromatic rings. The average Bonchev–Trinajstić information content (AvgIpc) is 2.29. The van der Waals surface area contributed by atoms with Crippen molar-refractivity contribution in [2.45, 2.75) is 33.1 Å². The van der Waals surface area contributed by atoms with Gasteiger partial charge in [0.2, 0.25) is 0 Å². The molecule has 0 saturated heterocycles. The lowest BCUT2D eigenvalue weighted by Gasteiger charge is -2.17. The molecule has 0 N–H and O–H groups in total. The highest BCUT2D eigenvalue weighted by Gasteiger charge is 2.12. The minimum atomic E-state index is 0.236. The lowest BCUT2D eigenvalue weighted by molar-refractivity contribution is 0.337. The van der Waals surface area contributed by atoms with Crippen LogP contribution in [-0.2, 0) is 0 Å². The minimum absolute atomic E-state index is 0.236. The van der Waals surface area contributed by atoms with Gasteiger partial charge in [-0.25, -0.2) is 0 Å². The molecule has 0 aliphatic carbocycles. The van der Waals surface area contributed by atoms with E-state index in [0.29, 0.717) is 11.1 Å². The number of hydrogen-bond donors (Lipinski definition) is 0. The van der Waals surface area contributed by atoms with Crippen LogP contribution in [0, 0.1) is 6.92 Å². The Kier molecular flexibility index (Phi) is 5.87. The van der Waals surface area contributed by atoms with Gasteiger partial charge in [0, 0.05) is 5.92 Å². The molecule has 1 rings (SSSR count). The molecule has 0 heterocycles. The Morgan fingerprint density at radius 1 is 1.35 bits per heavy atom. The number of benzene rings is 1. The Morgan fingerprint density at radius 3 is 2.59 bits per heavy atom. The van der Waals surface area contributed by atoms with E-state index in [9.17, 15) is 0 Å². The van der Waals surface area contributed by atoms with Crippen molar-refractivity contribution < 1.29 is 4.74 Å². The van der Waals surface area contributed by atoms with Crippen LogP contribution in [0.4, 0.5) is 0 Å². The smallest absolute Gasteiger partial charge is 0.122 e. The van der Waals surface area contributed by atoms with E-state index >= 15 is 0 Å². The van der Waals surface area contributed by atoms with Crippen LogP contribution in [0.3, 0.4) is 0 Å². The van der Waals surface area contributed by atoms with Gasteiger partial charge in [-0.05, 0) is 43.5 Å². The van der Waals surface area contributed by atoms with E-state index < -0.39 is 0 Å². The summed E-state index contributed by atoms with van der Waals surface area (Å²) >= 11 is 11.5. The first-order chi connectivity index (χ1) is 8.10. The molecule has 1 atom stereocenters. The van der Waals surface area contributed by atoms with Crippen LogP contribution < -0.4 is 4.74 Å². The maximum absolute atomic E-state index is 5.75. The number of rotatable bonds is 5. The zero-order valence-electron chi connectivity index (χ0n) is 10.5. The fraction of sp³-hybridized carbons (Fsp3) is 0.429. The summed E-state index contributed by atoms with van der Waals surface area (Å²) in [7, 11) is 0. The monoisotopic (exact) mass is 272 g/mol. The van der Waals surface area contributed by atoms with Gasteiger partial charge in [0.25, 0.3) is 0 Å². The summed E-state index contributed by atoms with van der Waals surface area (Å²) in [4.78, 5) is 0. The molecule has 0 fully saturated rings. The van der Waals surface area contributed by atoms with E-state index in [1.807, 2.05) is 25.1 Å². The molecular formula is C14H18Cl2O. The Balaban J connectivity index is 3.11. The first-order valence-corrected chi connectivity index (χ1v) is 6.60. The molecule has 0 aliphatic rings. The van der Waals surface area contributed by atoms with E-state index in [4.69, 9.17) is 27.9 Å². The molecule has 0 aliphatic heterocycles. The molecule has 94 valence electrons. The fourth-order valence-corrected chi connectivity index (χ4v) is 2.23. The van der Waals surface area contributed by atoms with Gasteiger partial charge in [-0.3, -0.25) is 0 Å². The standard InChI is InChI=1S/C14H18Cl2O/c1-4-11(9-14(15)16)12-7-6-8-13(10(12)3)17-5-2/h6-9,11H,4-5H2,1-3H3. The van der Waals surface area contributed by atoms with E-state index in [1.54, 1.807) is 0 Å². The topological polar surface area (TPSA) is 9.23 Å². The molecule has 0 amide bonds. The summed E-state index contributed by atoms with van der Waals surface area (Å²) in [6.45, 7) is 6.84. The van der Waals surface area contributed by atoms with Gasteiger partial charge in [0.05, 0.1) is 6.61 Å². The van der Waals surface area contributed by atoms with Crippen molar-refractivity contribution in [3.05, 3.63) is 39.9 Å². The predicted octanol–water partition coefficient (Wildman–Crippen LogP) is 5.21. The third-order valence-electron chi connectivity index (χ3n) is 2.79. The van der Waals surface area contributed by atoms with E-state index in [1.165, 1.54) is 5.56 Å². The molecule has 0 spiro atoms. The second-order valence-electron chi connectivity index (χ2n) is 3.87. The molecule has 17 heavy (non-hydrogen) atoms. The second-order valence-corrected chi connectivity index (χ2v) is 4.88. The quantitative estimate of drug-likeness (QED) is 0.715. The van der Waals surface area contributed by atoms with E-state index in [-0.39, 0.29) is 5.92 Å². The normalized spacial score (nSPS) is 12.1. The highest BCUT2D eigenvalue weighted by Crippen LogP contribution is 2.31. The zero-order chi connectivity index (χ0) is 12.8. The molecule has 0 aromatic heterocycles. The van der Waals surface area contributed by atoms with Gasteiger partial charge in [0.1, 0.15) is 10.2 Å². The fourth-order valence-electron chi connectivity index (χ4n) is 1.92. The summed E-state index contributed by atoms with van der Waals surface area (Å²) in [5.74, 6) is 1.17. The molecule has 0 saturated carbocycles. The Morgan fingerprint density at radius 2 is 2.06 bits per heavy atom. The molecule has 1 aromatic carbocycles. The third-order valence-corrected chi connectivity index (χ3v) is 3.04. The highest BCUT2D eigenvalue weighted by atomic mass is 35.5. The maximum Gasteiger partial charge on any atom is 0.122 e. The van der Waals surface area contributed by atoms with Crippen molar-refractivity contribution >= 4 is 23.2 Å². The van der Waals surface area contributed by atoms with Gasteiger partial charge in [-0.2, -0.15) is 0 Å². The van der Waals surface area contributed by atoms with Crippen molar-refractivity contribution in [3.8, 4) is 5.75 Å². The molecule has 3 heteroatoms. The lowest BCUT2D eigenvalue weighted by atomic mass is 9.92. The zero-order valence-corrected chi connectivity index (χ0v) is 12.0. The van der Waals surface area contributed by atoms with Crippen molar-refractivity contribution in [3.63, 3.8) is 0 Å². The summed E-state index contributed by atoms with van der Waals surface area (Å²) in [6, 6.07) is 6.09. The molecule has 0 radical (unpaired) electrons. The van der Waals surface area contributed by atoms with Gasteiger partial charge < -0.3 is 4.74 Å². The Labute approximate surface area is 113 Å². The number of halogens is 2. The Bertz CT molecular complexity index is 395. The van der Waals surface area contributed by atoms with Gasteiger partial charge in [-0.15, -0.1) is 0 Å². The van der Waals surface area contributed by atoms with E-state index in [2.05, 4.69) is 19.9 Å². The van der Waals surface area contributed by atoms with Gasteiger partial charge in [0.15, 0.2) is 0 Å². The summed E-state index contributed by atoms with van der Waals surface area (Å²) in [5.41, 5.74) is 2.38. The van der Waals surface area contributed by atoms with Crippen LogP contribution >= 0.6 is 23.2 Å². The van der Waals surface area contributed by atoms with Crippen LogP contribution in [0.2, 0.25) is 0 Å². The lowest BCUT2D eigenvalue weighted by Crippen LogP contribution is -2.01. The largest absolute Gasteiger partial charge is 0.494 e. The SMILES string of the molecule is CCOc1cccc(C(C=C(Cl)Cl)CC)c1C. The van der Waals surface area contributed by atoms with Crippen LogP contribution in [0.15, 0.2) is 28.8 Å². The number of ether oxygens (including phenoxy) is 1. The average molecular weight is 273 g/mol. The van der Waals surface area contributed by atoms with Crippen LogP contribution in [-0.4, -0.2) is 6.61 Å². The minimum Gasteiger partial charge on any atom is -0.494 e. The molecule has 0 bridgehead atoms. The maximum atomic E-state index is 5.75. The van der Waals surface area contributed by atoms with Crippen molar-refractivity contribution in [2.75, 3.05) is 6.61 Å². The molecular weight excluding hydrogens is 255 g/mol. The van der Waals surface area contributed by atoms with Crippen LogP contribution in [0.1, 0.15) is 37.3 Å². The second kappa shape index (κ2) is 6.93. The van der Waals surface area contributed by atoms with Crippen molar-refractivity contribution in [2.24, 2.45) is 0 Å². The summed E-state index contributed by atoms with van der Waals surface area (Å²) < 4.78 is 5.91. The van der Waals surface area contributed by atoms with Crippen molar-refractivity contribution in [1.82, 2.24) is 0 Å². The van der Waals surface area contributed by atoms with Gasteiger partial charge in [-0.1, -0.05) is 42.3 Å². The van der Waals surface area contributed by atoms with Crippen LogP contribution in [0.5, 0.6) is 5.75 Å². The summed E-state index contributed by atoms with van der Waals surface area (Å²) in [5, 5.41) is 0. The highest BCUT2D eigenvalue weighted by molar-refractivity contribution is 6.55. The molecule has 1 unspecified atom stereocenters. The first-order valence-electron chi connectivity index (χ1n) is 5.85.